The molecule has 2 aliphatic heterocycles. The van der Waals surface area contributed by atoms with Gasteiger partial charge in [-0.25, -0.2) is 74.6 Å². The van der Waals surface area contributed by atoms with Crippen molar-refractivity contribution in [1.29, 1.82) is 0 Å². The summed E-state index contributed by atoms with van der Waals surface area (Å²) in [5.41, 5.74) is 5.78. The van der Waals surface area contributed by atoms with Gasteiger partial charge in [0.15, 0.2) is 0 Å². The van der Waals surface area contributed by atoms with E-state index in [2.05, 4.69) is 0 Å². The average molecular weight is 1330 g/mol. The van der Waals surface area contributed by atoms with Gasteiger partial charge in [0.2, 0.25) is 30.1 Å². The number of nitrogens with zero attached hydrogens (tertiary/aromatic N) is 8. The summed E-state index contributed by atoms with van der Waals surface area (Å²) < 4.78 is 157. The molecule has 0 atom stereocenters. The third-order valence-electron chi connectivity index (χ3n) is 9.48. The molecule has 0 unspecified atom stereocenters. The zero-order valence-electron chi connectivity index (χ0n) is 43.8. The molecule has 26 nitrogen and oxygen atoms in total. The van der Waals surface area contributed by atoms with Gasteiger partial charge in [-0.3, -0.25) is 0 Å². The summed E-state index contributed by atoms with van der Waals surface area (Å²) in [5, 5.41) is 3.57. The Morgan fingerprint density at radius 1 is 0.367 bits per heavy atom. The molecule has 0 fully saturated rings. The van der Waals surface area contributed by atoms with Gasteiger partial charge >= 0.3 is 174 Å². The Balaban J connectivity index is 0.000000666. The number of nitrogens with one attached hydrogen (secondary N) is 3. The minimum absolute atomic E-state index is 0. The van der Waals surface area contributed by atoms with Crippen LogP contribution in [-0.2, 0) is 79.9 Å². The smallest absolute Gasteiger partial charge is 0.748 e. The number of hydrogen-bond donors (Lipinski definition) is 3. The maximum absolute atomic E-state index is 10.3. The van der Waals surface area contributed by atoms with Crippen LogP contribution < -0.4 is 178 Å². The molecular formula is C43H46K3N11O15S6Zn. The number of fused-ring (bicyclic) bond motifs is 20. The maximum atomic E-state index is 10.3. The Labute approximate surface area is 598 Å². The summed E-state index contributed by atoms with van der Waals surface area (Å²) in [6, 6.07) is 31.8. The van der Waals surface area contributed by atoms with Crippen molar-refractivity contribution >= 4 is 105 Å². The second-order valence-corrected chi connectivity index (χ2v) is 25.5. The number of hydrogen-bond acceptors (Lipinski definition) is 21. The van der Waals surface area contributed by atoms with E-state index in [0.29, 0.717) is 45.9 Å². The van der Waals surface area contributed by atoms with Crippen molar-refractivity contribution in [3.8, 4) is 45.6 Å². The molecule has 8 bridgehead atoms. The topological polar surface area (TPSA) is 416 Å². The summed E-state index contributed by atoms with van der Waals surface area (Å²) in [6.45, 7) is 2.89. The number of aromatic nitrogens is 8. The van der Waals surface area contributed by atoms with Gasteiger partial charge in [-0.2, -0.15) is 0 Å². The molecule has 3 aromatic heterocycles. The van der Waals surface area contributed by atoms with Crippen LogP contribution in [-0.4, -0.2) is 150 Å². The number of sulfonamides is 3. The molecule has 0 radical (unpaired) electrons. The van der Waals surface area contributed by atoms with Gasteiger partial charge in [0.25, 0.3) is 0 Å². The summed E-state index contributed by atoms with van der Waals surface area (Å²) in [5.74, 6) is 0.0417. The van der Waals surface area contributed by atoms with Crippen LogP contribution in [0.15, 0.2) is 97.1 Å². The van der Waals surface area contributed by atoms with E-state index < -0.39 is 77.7 Å². The molecule has 79 heavy (non-hydrogen) atoms. The molecule has 2 aliphatic rings. The van der Waals surface area contributed by atoms with E-state index in [9.17, 15) is 64.2 Å². The first kappa shape index (κ1) is 76.2. The second kappa shape index (κ2) is 33.2. The third-order valence-corrected chi connectivity index (χ3v) is 13.8. The predicted octanol–water partition coefficient (Wildman–Crippen LogP) is -7.59. The molecule has 0 saturated carbocycles. The monoisotopic (exact) mass is 1330 g/mol. The first-order valence-corrected chi connectivity index (χ1v) is 32.1. The van der Waals surface area contributed by atoms with Gasteiger partial charge in [0.05, 0.1) is 89.7 Å². The first-order chi connectivity index (χ1) is 34.9. The second-order valence-electron chi connectivity index (χ2n) is 15.5. The Morgan fingerprint density at radius 3 is 0.734 bits per heavy atom. The predicted molar refractivity (Wildman–Crippen MR) is 278 cm³/mol. The van der Waals surface area contributed by atoms with E-state index in [4.69, 9.17) is 39.9 Å². The Kier molecular flexibility index (Phi) is 32.1. The van der Waals surface area contributed by atoms with Gasteiger partial charge in [0, 0.05) is 64.5 Å². The molecule has 0 aliphatic carbocycles. The largest absolute Gasteiger partial charge is 2.00 e. The molecule has 3 N–H and O–H groups in total. The van der Waals surface area contributed by atoms with Crippen LogP contribution in [0.1, 0.15) is 13.8 Å². The van der Waals surface area contributed by atoms with Crippen LogP contribution in [0.2, 0.25) is 0 Å². The molecule has 5 heterocycles. The Bertz CT molecular complexity index is 3560. The zero-order chi connectivity index (χ0) is 55.6. The molecule has 9 rings (SSSR count). The van der Waals surface area contributed by atoms with E-state index in [1.807, 2.05) is 125 Å². The SMILES string of the molecule is CC.CS(=O)(=O)NCCS(=O)(=O)[O-].CS(=O)(=O)NCCS(=O)(=O)[O-].CS(=O)(=O)NCCS(=O)(=O)[O-].[K+].[K+].[K+].[Zn+2].c1ccc2c(c1)-c1nc-2nc2[n-]c(nc3nc(nc4[n-]c(n1)c1ccccc41)-c1ccccc1-3)c1ccccc21. The quantitative estimate of drug-likeness (QED) is 0.0755. The molecule has 404 valence electrons. The average Bonchev–Trinajstić information content (AvgIpc) is 4.04. The Hall–Kier alpha value is -0.768. The molecular weight excluding hydrogens is 1290 g/mol. The van der Waals surface area contributed by atoms with Crippen molar-refractivity contribution in [2.24, 2.45) is 0 Å². The van der Waals surface area contributed by atoms with Crippen molar-refractivity contribution in [2.75, 3.05) is 55.7 Å². The number of benzene rings is 4. The minimum atomic E-state index is -4.32. The van der Waals surface area contributed by atoms with Gasteiger partial charge in [-0.15, -0.1) is 0 Å². The summed E-state index contributed by atoms with van der Waals surface area (Å²) in [7, 11) is -23.2. The van der Waals surface area contributed by atoms with Crippen molar-refractivity contribution in [2.45, 2.75) is 13.8 Å². The van der Waals surface area contributed by atoms with Gasteiger partial charge in [0.1, 0.15) is 0 Å². The molecule has 36 heteroatoms. The van der Waals surface area contributed by atoms with Crippen molar-refractivity contribution in [3.63, 3.8) is 0 Å². The van der Waals surface area contributed by atoms with E-state index in [-0.39, 0.29) is 193 Å². The first-order valence-electron chi connectivity index (χ1n) is 21.7. The van der Waals surface area contributed by atoms with E-state index >= 15 is 0 Å². The fourth-order valence-corrected chi connectivity index (χ4v) is 9.38. The van der Waals surface area contributed by atoms with Gasteiger partial charge < -0.3 is 43.6 Å². The zero-order valence-corrected chi connectivity index (χ0v) is 61.1. The maximum Gasteiger partial charge on any atom is 2.00 e. The van der Waals surface area contributed by atoms with Gasteiger partial charge in [-0.05, 0) is 21.5 Å². The standard InChI is InChI=1S/C32H16N8.3C3H9NO5S2.C2H6.3K.Zn/c1-2-10-18-17(9-1)25-33-26(18)38-28-21-13-5-6-14-22(21)30(35-28)40-32-24-16-8-7-15-23(24)31(36-32)39-29-20-12-4-3-11-19(20)27(34-29)37-25;3*1-10(5,6)4-2-3-11(7,8)9;1-2;;;;/h1-16H;3*4H,2-3H2,1H3,(H,7,8,9);1-2H3;;;;/q-2;;;;;3*+1;+2/p-3. The van der Waals surface area contributed by atoms with Crippen LogP contribution in [0.3, 0.4) is 0 Å². The fraction of sp³-hybridized carbons (Fsp3) is 0.256. The van der Waals surface area contributed by atoms with Crippen LogP contribution >= 0.6 is 0 Å². The van der Waals surface area contributed by atoms with Crippen molar-refractivity contribution in [1.82, 2.24) is 54.0 Å². The Morgan fingerprint density at radius 2 is 0.557 bits per heavy atom. The summed E-state index contributed by atoms with van der Waals surface area (Å²) in [4.78, 5) is 39.3. The number of rotatable bonds is 12. The molecule has 0 spiro atoms. The van der Waals surface area contributed by atoms with Crippen LogP contribution in [0.25, 0.3) is 89.7 Å². The third kappa shape index (κ3) is 25.4. The van der Waals surface area contributed by atoms with Crippen LogP contribution in [0.4, 0.5) is 0 Å². The molecule has 4 aromatic carbocycles. The molecule has 0 saturated heterocycles. The van der Waals surface area contributed by atoms with Crippen LogP contribution in [0, 0.1) is 0 Å². The van der Waals surface area contributed by atoms with E-state index in [1.54, 1.807) is 0 Å². The van der Waals surface area contributed by atoms with Crippen molar-refractivity contribution < 1.29 is 238 Å². The fourth-order valence-electron chi connectivity index (χ4n) is 6.51. The molecule has 0 amide bonds. The van der Waals surface area contributed by atoms with Crippen LogP contribution in [0.5, 0.6) is 0 Å². The van der Waals surface area contributed by atoms with Crippen molar-refractivity contribution in [3.05, 3.63) is 97.1 Å². The molecule has 7 aromatic rings. The minimum Gasteiger partial charge on any atom is -0.748 e. The summed E-state index contributed by atoms with van der Waals surface area (Å²) >= 11 is 0. The summed E-state index contributed by atoms with van der Waals surface area (Å²) in [6.07, 6.45) is 2.64. The normalized spacial score (nSPS) is 11.7. The van der Waals surface area contributed by atoms with E-state index in [0.717, 1.165) is 62.6 Å². The van der Waals surface area contributed by atoms with E-state index in [1.165, 1.54) is 0 Å². The van der Waals surface area contributed by atoms with Gasteiger partial charge in [-0.1, -0.05) is 111 Å².